The van der Waals surface area contributed by atoms with Gasteiger partial charge in [-0.3, -0.25) is 0 Å². The summed E-state index contributed by atoms with van der Waals surface area (Å²) in [6.07, 6.45) is 3.34. The highest BCUT2D eigenvalue weighted by Gasteiger charge is 2.21. The van der Waals surface area contributed by atoms with Gasteiger partial charge in [0.25, 0.3) is 0 Å². The van der Waals surface area contributed by atoms with Crippen LogP contribution in [0.1, 0.15) is 29.5 Å². The van der Waals surface area contributed by atoms with E-state index in [2.05, 4.69) is 32.0 Å². The van der Waals surface area contributed by atoms with Crippen LogP contribution in [0.25, 0.3) is 0 Å². The second kappa shape index (κ2) is 5.65. The second-order valence-electron chi connectivity index (χ2n) is 5.34. The summed E-state index contributed by atoms with van der Waals surface area (Å²) in [5.74, 6) is 0.532. The first-order chi connectivity index (χ1) is 8.15. The van der Waals surface area contributed by atoms with Crippen molar-refractivity contribution in [3.8, 4) is 0 Å². The fraction of sp³-hybridized carbons (Fsp3) is 0.600. The largest absolute Gasteiger partial charge is 0.381 e. The molecule has 0 spiro atoms. The third-order valence-corrected chi connectivity index (χ3v) is 3.55. The van der Waals surface area contributed by atoms with Crippen LogP contribution in [-0.4, -0.2) is 19.3 Å². The third kappa shape index (κ3) is 3.55. The first-order valence-electron chi connectivity index (χ1n) is 6.55. The molecule has 1 aromatic rings. The maximum atomic E-state index is 6.30. The summed E-state index contributed by atoms with van der Waals surface area (Å²) in [6, 6.07) is 6.93. The number of benzene rings is 1. The van der Waals surface area contributed by atoms with Gasteiger partial charge in [0.2, 0.25) is 0 Å². The van der Waals surface area contributed by atoms with Gasteiger partial charge >= 0.3 is 0 Å². The van der Waals surface area contributed by atoms with Crippen LogP contribution < -0.4 is 5.73 Å². The molecule has 1 aromatic carbocycles. The number of hydrogen-bond acceptors (Lipinski definition) is 2. The minimum atomic E-state index is 0.233. The molecule has 1 fully saturated rings. The van der Waals surface area contributed by atoms with Gasteiger partial charge in [-0.25, -0.2) is 0 Å². The zero-order valence-electron chi connectivity index (χ0n) is 10.9. The average Bonchev–Trinajstić information content (AvgIpc) is 2.28. The number of rotatable bonds is 3. The topological polar surface area (TPSA) is 35.2 Å². The van der Waals surface area contributed by atoms with Crippen LogP contribution in [-0.2, 0) is 11.2 Å². The fourth-order valence-corrected chi connectivity index (χ4v) is 2.73. The standard InChI is InChI=1S/C15H23NO/c1-11-6-12(2)8-13(7-11)9-15(16)14-4-3-5-17-10-14/h6-8,14-15H,3-5,9-10,16H2,1-2H3. The molecule has 1 saturated heterocycles. The van der Waals surface area contributed by atoms with Crippen molar-refractivity contribution in [2.45, 2.75) is 39.2 Å². The molecular formula is C15H23NO. The van der Waals surface area contributed by atoms with Crippen LogP contribution in [0.2, 0.25) is 0 Å². The van der Waals surface area contributed by atoms with Gasteiger partial charge in [0.15, 0.2) is 0 Å². The molecule has 2 heteroatoms. The number of nitrogens with two attached hydrogens (primary N) is 1. The van der Waals surface area contributed by atoms with Gasteiger partial charge in [-0.2, -0.15) is 0 Å². The first-order valence-corrected chi connectivity index (χ1v) is 6.55. The molecule has 0 aliphatic carbocycles. The summed E-state index contributed by atoms with van der Waals surface area (Å²) in [6.45, 7) is 6.04. The lowest BCUT2D eigenvalue weighted by atomic mass is 9.89. The Balaban J connectivity index is 1.99. The molecule has 1 aliphatic rings. The normalized spacial score (nSPS) is 22.4. The zero-order chi connectivity index (χ0) is 12.3. The van der Waals surface area contributed by atoms with Gasteiger partial charge in [-0.05, 0) is 44.6 Å². The van der Waals surface area contributed by atoms with Gasteiger partial charge < -0.3 is 10.5 Å². The highest BCUT2D eigenvalue weighted by atomic mass is 16.5. The van der Waals surface area contributed by atoms with Crippen LogP contribution in [0.3, 0.4) is 0 Å². The van der Waals surface area contributed by atoms with Gasteiger partial charge in [0.05, 0.1) is 6.61 Å². The summed E-state index contributed by atoms with van der Waals surface area (Å²) < 4.78 is 5.51. The van der Waals surface area contributed by atoms with E-state index in [1.165, 1.54) is 23.1 Å². The van der Waals surface area contributed by atoms with Gasteiger partial charge in [-0.15, -0.1) is 0 Å². The molecule has 1 heterocycles. The molecule has 0 radical (unpaired) electrons. The summed E-state index contributed by atoms with van der Waals surface area (Å²) in [4.78, 5) is 0. The van der Waals surface area contributed by atoms with E-state index < -0.39 is 0 Å². The molecule has 2 rings (SSSR count). The monoisotopic (exact) mass is 233 g/mol. The third-order valence-electron chi connectivity index (χ3n) is 3.55. The molecule has 17 heavy (non-hydrogen) atoms. The van der Waals surface area contributed by atoms with Crippen molar-refractivity contribution in [3.63, 3.8) is 0 Å². The lowest BCUT2D eigenvalue weighted by molar-refractivity contribution is 0.0450. The predicted octanol–water partition coefficient (Wildman–Crippen LogP) is 2.60. The quantitative estimate of drug-likeness (QED) is 0.871. The molecule has 2 nitrogen and oxygen atoms in total. The van der Waals surface area contributed by atoms with E-state index in [1.54, 1.807) is 0 Å². The Morgan fingerprint density at radius 2 is 2.00 bits per heavy atom. The summed E-state index contributed by atoms with van der Waals surface area (Å²) >= 11 is 0. The van der Waals surface area contributed by atoms with E-state index in [9.17, 15) is 0 Å². The highest BCUT2D eigenvalue weighted by molar-refractivity contribution is 5.29. The van der Waals surface area contributed by atoms with E-state index in [-0.39, 0.29) is 6.04 Å². The van der Waals surface area contributed by atoms with E-state index >= 15 is 0 Å². The van der Waals surface area contributed by atoms with Crippen LogP contribution >= 0.6 is 0 Å². The molecule has 0 saturated carbocycles. The van der Waals surface area contributed by atoms with Crippen molar-refractivity contribution in [2.24, 2.45) is 11.7 Å². The molecule has 2 N–H and O–H groups in total. The van der Waals surface area contributed by atoms with Crippen molar-refractivity contribution in [2.75, 3.05) is 13.2 Å². The second-order valence-corrected chi connectivity index (χ2v) is 5.34. The zero-order valence-corrected chi connectivity index (χ0v) is 10.9. The Bertz CT molecular complexity index is 349. The summed E-state index contributed by atoms with van der Waals surface area (Å²) in [7, 11) is 0. The van der Waals surface area contributed by atoms with Crippen LogP contribution in [0.5, 0.6) is 0 Å². The molecule has 1 aliphatic heterocycles. The SMILES string of the molecule is Cc1cc(C)cc(CC(N)C2CCCOC2)c1. The fourth-order valence-electron chi connectivity index (χ4n) is 2.73. The van der Waals surface area contributed by atoms with Crippen molar-refractivity contribution in [1.82, 2.24) is 0 Å². The Hall–Kier alpha value is -0.860. The van der Waals surface area contributed by atoms with Gasteiger partial charge in [0, 0.05) is 12.6 Å². The molecule has 0 aromatic heterocycles. The molecule has 94 valence electrons. The van der Waals surface area contributed by atoms with Crippen molar-refractivity contribution in [1.29, 1.82) is 0 Å². The van der Waals surface area contributed by atoms with E-state index in [0.29, 0.717) is 5.92 Å². The Labute approximate surface area is 104 Å². The molecular weight excluding hydrogens is 210 g/mol. The van der Waals surface area contributed by atoms with Crippen LogP contribution in [0.15, 0.2) is 18.2 Å². The lowest BCUT2D eigenvalue weighted by Crippen LogP contribution is -2.37. The highest BCUT2D eigenvalue weighted by Crippen LogP contribution is 2.20. The smallest absolute Gasteiger partial charge is 0.0509 e. The maximum Gasteiger partial charge on any atom is 0.0509 e. The van der Waals surface area contributed by atoms with Crippen molar-refractivity contribution < 1.29 is 4.74 Å². The maximum absolute atomic E-state index is 6.30. The summed E-state index contributed by atoms with van der Waals surface area (Å²) in [5.41, 5.74) is 10.3. The van der Waals surface area contributed by atoms with Crippen molar-refractivity contribution in [3.05, 3.63) is 34.9 Å². The Kier molecular flexibility index (Phi) is 4.19. The number of aryl methyl sites for hydroxylation is 2. The van der Waals surface area contributed by atoms with Gasteiger partial charge in [-0.1, -0.05) is 29.3 Å². The lowest BCUT2D eigenvalue weighted by Gasteiger charge is -2.27. The Morgan fingerprint density at radius 1 is 1.29 bits per heavy atom. The number of hydrogen-bond donors (Lipinski definition) is 1. The summed E-state index contributed by atoms with van der Waals surface area (Å²) in [5, 5.41) is 0. The molecule has 2 unspecified atom stereocenters. The average molecular weight is 233 g/mol. The van der Waals surface area contributed by atoms with Crippen LogP contribution in [0, 0.1) is 19.8 Å². The van der Waals surface area contributed by atoms with Crippen molar-refractivity contribution >= 4 is 0 Å². The van der Waals surface area contributed by atoms with Crippen LogP contribution in [0.4, 0.5) is 0 Å². The Morgan fingerprint density at radius 3 is 2.59 bits per heavy atom. The number of ether oxygens (including phenoxy) is 1. The first kappa shape index (κ1) is 12.6. The minimum absolute atomic E-state index is 0.233. The van der Waals surface area contributed by atoms with E-state index in [0.717, 1.165) is 26.1 Å². The van der Waals surface area contributed by atoms with Gasteiger partial charge in [0.1, 0.15) is 0 Å². The molecule has 0 amide bonds. The van der Waals surface area contributed by atoms with E-state index in [4.69, 9.17) is 10.5 Å². The minimum Gasteiger partial charge on any atom is -0.381 e. The van der Waals surface area contributed by atoms with E-state index in [1.807, 2.05) is 0 Å². The predicted molar refractivity (Wildman–Crippen MR) is 71.1 cm³/mol. The molecule has 0 bridgehead atoms. The molecule has 2 atom stereocenters.